The third-order valence-corrected chi connectivity index (χ3v) is 3.61. The zero-order valence-corrected chi connectivity index (χ0v) is 9.90. The molecule has 0 bridgehead atoms. The first-order valence-electron chi connectivity index (χ1n) is 5.79. The molecule has 0 aromatic rings. The fourth-order valence-corrected chi connectivity index (χ4v) is 2.46. The Balaban J connectivity index is 1.97. The molecular formula is C11H16N4O2. The third-order valence-electron chi connectivity index (χ3n) is 3.61. The Kier molecular flexibility index (Phi) is 3.03. The average molecular weight is 236 g/mol. The second-order valence-electron chi connectivity index (χ2n) is 4.63. The van der Waals surface area contributed by atoms with Gasteiger partial charge in [0.15, 0.2) is 0 Å². The van der Waals surface area contributed by atoms with Crippen molar-refractivity contribution in [2.45, 2.75) is 24.8 Å². The number of hydrogen-bond acceptors (Lipinski definition) is 4. The molecule has 0 aliphatic carbocycles. The zero-order valence-electron chi connectivity index (χ0n) is 9.90. The van der Waals surface area contributed by atoms with Gasteiger partial charge in [0.05, 0.1) is 6.07 Å². The summed E-state index contributed by atoms with van der Waals surface area (Å²) in [6.45, 7) is 2.24. The van der Waals surface area contributed by atoms with Gasteiger partial charge in [-0.2, -0.15) is 5.26 Å². The summed E-state index contributed by atoms with van der Waals surface area (Å²) in [5.41, 5.74) is -0.686. The Morgan fingerprint density at radius 1 is 1.41 bits per heavy atom. The van der Waals surface area contributed by atoms with Gasteiger partial charge in [-0.3, -0.25) is 9.69 Å². The summed E-state index contributed by atoms with van der Waals surface area (Å²) in [5, 5.41) is 11.3. The van der Waals surface area contributed by atoms with Crippen LogP contribution in [0.2, 0.25) is 0 Å². The summed E-state index contributed by atoms with van der Waals surface area (Å²) >= 11 is 0. The Hall–Kier alpha value is -1.61. The summed E-state index contributed by atoms with van der Waals surface area (Å²) in [6.07, 6.45) is 1.77. The Labute approximate surface area is 100 Å². The molecule has 2 rings (SSSR count). The van der Waals surface area contributed by atoms with E-state index in [4.69, 9.17) is 5.26 Å². The van der Waals surface area contributed by atoms with Crippen molar-refractivity contribution in [3.63, 3.8) is 0 Å². The number of likely N-dealkylation sites (tertiary alicyclic amines) is 1. The number of amides is 3. The maximum Gasteiger partial charge on any atom is 0.324 e. The Morgan fingerprint density at radius 2 is 2.06 bits per heavy atom. The topological polar surface area (TPSA) is 76.4 Å². The van der Waals surface area contributed by atoms with Crippen LogP contribution in [0, 0.1) is 11.3 Å². The summed E-state index contributed by atoms with van der Waals surface area (Å²) in [4.78, 5) is 26.8. The van der Waals surface area contributed by atoms with E-state index in [0.717, 1.165) is 24.5 Å². The smallest absolute Gasteiger partial charge is 0.323 e. The minimum absolute atomic E-state index is 0.123. The minimum atomic E-state index is -0.686. The first kappa shape index (κ1) is 11.9. The molecule has 17 heavy (non-hydrogen) atoms. The highest BCUT2D eigenvalue weighted by Crippen LogP contribution is 2.28. The van der Waals surface area contributed by atoms with Crippen molar-refractivity contribution in [1.82, 2.24) is 15.1 Å². The van der Waals surface area contributed by atoms with Crippen molar-refractivity contribution in [2.75, 3.05) is 26.7 Å². The highest BCUT2D eigenvalue weighted by atomic mass is 16.2. The molecule has 3 amide bonds. The van der Waals surface area contributed by atoms with Crippen LogP contribution < -0.4 is 5.32 Å². The van der Waals surface area contributed by atoms with E-state index < -0.39 is 5.54 Å². The number of urea groups is 1. The van der Waals surface area contributed by atoms with E-state index in [1.807, 2.05) is 0 Å². The van der Waals surface area contributed by atoms with Gasteiger partial charge in [-0.25, -0.2) is 4.79 Å². The molecule has 0 aromatic heterocycles. The van der Waals surface area contributed by atoms with Gasteiger partial charge in [0, 0.05) is 33.1 Å². The van der Waals surface area contributed by atoms with Crippen LogP contribution in [0.1, 0.15) is 19.3 Å². The maximum absolute atomic E-state index is 12.0. The first-order valence-corrected chi connectivity index (χ1v) is 5.79. The van der Waals surface area contributed by atoms with Crippen molar-refractivity contribution in [2.24, 2.45) is 0 Å². The van der Waals surface area contributed by atoms with E-state index in [9.17, 15) is 9.59 Å². The third kappa shape index (κ3) is 1.98. The molecule has 0 aromatic carbocycles. The number of nitrogens with one attached hydrogen (secondary N) is 1. The molecule has 0 radical (unpaired) electrons. The number of hydrogen-bond donors (Lipinski definition) is 1. The van der Waals surface area contributed by atoms with Crippen LogP contribution in [0.25, 0.3) is 0 Å². The van der Waals surface area contributed by atoms with Gasteiger partial charge >= 0.3 is 6.03 Å². The van der Waals surface area contributed by atoms with E-state index in [1.54, 1.807) is 0 Å². The number of carbonyl (C=O) groups is 2. The van der Waals surface area contributed by atoms with Crippen molar-refractivity contribution < 1.29 is 9.59 Å². The minimum Gasteiger partial charge on any atom is -0.323 e. The predicted octanol–water partition coefficient (Wildman–Crippen LogP) is -0.0837. The van der Waals surface area contributed by atoms with Crippen LogP contribution in [-0.4, -0.2) is 54.0 Å². The number of nitriles is 1. The van der Waals surface area contributed by atoms with E-state index in [1.165, 1.54) is 7.05 Å². The molecule has 2 heterocycles. The normalized spacial score (nSPS) is 23.9. The first-order chi connectivity index (χ1) is 8.09. The van der Waals surface area contributed by atoms with Crippen LogP contribution in [-0.2, 0) is 4.79 Å². The molecule has 1 N–H and O–H groups in total. The van der Waals surface area contributed by atoms with Gasteiger partial charge in [-0.1, -0.05) is 0 Å². The molecule has 92 valence electrons. The quantitative estimate of drug-likeness (QED) is 0.680. The molecule has 2 saturated heterocycles. The lowest BCUT2D eigenvalue weighted by Crippen LogP contribution is -2.54. The highest BCUT2D eigenvalue weighted by molar-refractivity contribution is 6.06. The molecule has 2 fully saturated rings. The maximum atomic E-state index is 12.0. The number of carbonyl (C=O) groups excluding carboxylic acids is 2. The van der Waals surface area contributed by atoms with Gasteiger partial charge in [0.2, 0.25) is 0 Å². The van der Waals surface area contributed by atoms with Crippen LogP contribution in [0.4, 0.5) is 4.79 Å². The largest absolute Gasteiger partial charge is 0.324 e. The van der Waals surface area contributed by atoms with Crippen LogP contribution in [0.15, 0.2) is 0 Å². The van der Waals surface area contributed by atoms with Gasteiger partial charge in [0.25, 0.3) is 5.91 Å². The number of nitrogens with zero attached hydrogens (tertiary/aromatic N) is 3. The van der Waals surface area contributed by atoms with Gasteiger partial charge < -0.3 is 10.2 Å². The molecule has 0 unspecified atom stereocenters. The molecule has 2 aliphatic rings. The lowest BCUT2D eigenvalue weighted by atomic mass is 9.87. The number of imide groups is 1. The Bertz CT molecular complexity index is 379. The highest BCUT2D eigenvalue weighted by Gasteiger charge is 2.50. The van der Waals surface area contributed by atoms with E-state index in [2.05, 4.69) is 16.3 Å². The second-order valence-corrected chi connectivity index (χ2v) is 4.63. The van der Waals surface area contributed by atoms with Crippen LogP contribution in [0.3, 0.4) is 0 Å². The number of likely N-dealkylation sites (N-methyl/N-ethyl adjacent to an activating group) is 1. The van der Waals surface area contributed by atoms with Gasteiger partial charge in [0.1, 0.15) is 5.54 Å². The summed E-state index contributed by atoms with van der Waals surface area (Å²) in [7, 11) is 1.51. The lowest BCUT2D eigenvalue weighted by Gasteiger charge is -2.36. The summed E-state index contributed by atoms with van der Waals surface area (Å²) in [5.74, 6) is -0.123. The number of rotatable bonds is 2. The molecule has 0 saturated carbocycles. The Morgan fingerprint density at radius 3 is 2.53 bits per heavy atom. The molecular weight excluding hydrogens is 220 g/mol. The lowest BCUT2D eigenvalue weighted by molar-refractivity contribution is -0.132. The number of piperidine rings is 1. The van der Waals surface area contributed by atoms with Crippen LogP contribution >= 0.6 is 0 Å². The standard InChI is InChI=1S/C11H16N4O2/c1-14-9(16)11(13-10(14)17)3-7-15(8-4-11)6-2-5-12/h2-4,6-8H2,1H3,(H,13,17). The van der Waals surface area contributed by atoms with E-state index >= 15 is 0 Å². The fraction of sp³-hybridized carbons (Fsp3) is 0.727. The van der Waals surface area contributed by atoms with Gasteiger partial charge in [-0.05, 0) is 12.8 Å². The van der Waals surface area contributed by atoms with Crippen molar-refractivity contribution in [1.29, 1.82) is 5.26 Å². The van der Waals surface area contributed by atoms with Crippen molar-refractivity contribution in [3.05, 3.63) is 0 Å². The molecule has 2 aliphatic heterocycles. The molecule has 6 nitrogen and oxygen atoms in total. The van der Waals surface area contributed by atoms with E-state index in [-0.39, 0.29) is 11.9 Å². The molecule has 6 heteroatoms. The van der Waals surface area contributed by atoms with Crippen LogP contribution in [0.5, 0.6) is 0 Å². The average Bonchev–Trinajstić information content (AvgIpc) is 2.54. The van der Waals surface area contributed by atoms with E-state index in [0.29, 0.717) is 19.3 Å². The second kappa shape index (κ2) is 4.34. The van der Waals surface area contributed by atoms with Crippen molar-refractivity contribution in [3.8, 4) is 6.07 Å². The van der Waals surface area contributed by atoms with Gasteiger partial charge in [-0.15, -0.1) is 0 Å². The fourth-order valence-electron chi connectivity index (χ4n) is 2.46. The van der Waals surface area contributed by atoms with Crippen molar-refractivity contribution >= 4 is 11.9 Å². The SMILES string of the molecule is CN1C(=O)NC2(CCN(CCC#N)CC2)C1=O. The zero-order chi connectivity index (χ0) is 12.5. The molecule has 0 atom stereocenters. The summed E-state index contributed by atoms with van der Waals surface area (Å²) in [6, 6.07) is 1.81. The predicted molar refractivity (Wildman–Crippen MR) is 59.9 cm³/mol. The molecule has 1 spiro atoms. The summed E-state index contributed by atoms with van der Waals surface area (Å²) < 4.78 is 0. The monoisotopic (exact) mass is 236 g/mol.